The number of rotatable bonds is 6. The average Bonchev–Trinajstić information content (AvgIpc) is 2.37. The van der Waals surface area contributed by atoms with Crippen molar-refractivity contribution in [3.05, 3.63) is 24.3 Å². The fourth-order valence-electron chi connectivity index (χ4n) is 2.46. The first-order chi connectivity index (χ1) is 9.69. The second-order valence-electron chi connectivity index (χ2n) is 5.44. The van der Waals surface area contributed by atoms with Crippen LogP contribution < -0.4 is 4.72 Å². The number of benzene rings is 1. The maximum atomic E-state index is 12.3. The molecule has 1 aromatic carbocycles. The minimum Gasteiger partial charge on any atom is -0.211 e. The van der Waals surface area contributed by atoms with E-state index in [1.54, 1.807) is 0 Å². The van der Waals surface area contributed by atoms with Crippen LogP contribution in [0.15, 0.2) is 34.1 Å². The van der Waals surface area contributed by atoms with Gasteiger partial charge in [0.2, 0.25) is 10.0 Å². The van der Waals surface area contributed by atoms with Gasteiger partial charge in [0.25, 0.3) is 9.05 Å². The third-order valence-corrected chi connectivity index (χ3v) is 6.95. The molecule has 8 heteroatoms. The van der Waals surface area contributed by atoms with Crippen molar-refractivity contribution >= 4 is 29.8 Å². The molecule has 21 heavy (non-hydrogen) atoms. The van der Waals surface area contributed by atoms with Gasteiger partial charge in [0, 0.05) is 17.2 Å². The van der Waals surface area contributed by atoms with E-state index < -0.39 is 19.1 Å². The predicted molar refractivity (Wildman–Crippen MR) is 81.2 cm³/mol. The highest BCUT2D eigenvalue weighted by atomic mass is 35.7. The summed E-state index contributed by atoms with van der Waals surface area (Å²) in [6.07, 6.45) is 4.07. The van der Waals surface area contributed by atoms with E-state index in [0.717, 1.165) is 31.7 Å². The molecule has 0 unspecified atom stereocenters. The van der Waals surface area contributed by atoms with E-state index in [0.29, 0.717) is 6.54 Å². The lowest BCUT2D eigenvalue weighted by molar-refractivity contribution is 0.133. The van der Waals surface area contributed by atoms with Crippen molar-refractivity contribution in [3.63, 3.8) is 0 Å². The molecule has 0 heterocycles. The molecule has 1 aliphatic carbocycles. The number of halogens is 1. The molecule has 5 nitrogen and oxygen atoms in total. The zero-order chi connectivity index (χ0) is 15.7. The summed E-state index contributed by atoms with van der Waals surface area (Å²) in [5, 5.41) is 0. The Labute approximate surface area is 130 Å². The summed E-state index contributed by atoms with van der Waals surface area (Å²) in [6.45, 7) is 2.43. The topological polar surface area (TPSA) is 80.3 Å². The lowest BCUT2D eigenvalue weighted by Crippen LogP contribution is -2.41. The Hall–Kier alpha value is -0.630. The van der Waals surface area contributed by atoms with Crippen LogP contribution in [0.5, 0.6) is 0 Å². The monoisotopic (exact) mass is 351 g/mol. The van der Waals surface area contributed by atoms with Crippen molar-refractivity contribution in [1.29, 1.82) is 0 Å². The number of nitrogens with one attached hydrogen (secondary N) is 1. The third-order valence-electron chi connectivity index (χ3n) is 4.20. The Morgan fingerprint density at radius 1 is 1.19 bits per heavy atom. The molecule has 0 saturated heterocycles. The molecule has 0 aliphatic heterocycles. The zero-order valence-corrected chi connectivity index (χ0v) is 14.1. The first-order valence-electron chi connectivity index (χ1n) is 6.73. The minimum atomic E-state index is -3.95. The van der Waals surface area contributed by atoms with Gasteiger partial charge in [-0.2, -0.15) is 0 Å². The number of hydrogen-bond acceptors (Lipinski definition) is 4. The van der Waals surface area contributed by atoms with Gasteiger partial charge in [-0.05, 0) is 42.9 Å². The Balaban J connectivity index is 2.20. The largest absolute Gasteiger partial charge is 0.261 e. The molecular formula is C13H18ClNO4S2. The quantitative estimate of drug-likeness (QED) is 0.798. The number of sulfonamides is 1. The van der Waals surface area contributed by atoms with E-state index in [2.05, 4.69) is 4.72 Å². The van der Waals surface area contributed by atoms with Crippen molar-refractivity contribution in [2.24, 2.45) is 5.41 Å². The molecule has 0 atom stereocenters. The van der Waals surface area contributed by atoms with Crippen LogP contribution in [0.25, 0.3) is 0 Å². The van der Waals surface area contributed by atoms with E-state index in [1.165, 1.54) is 18.2 Å². The van der Waals surface area contributed by atoms with E-state index in [-0.39, 0.29) is 15.2 Å². The van der Waals surface area contributed by atoms with Gasteiger partial charge in [0.05, 0.1) is 9.79 Å². The molecule has 2 rings (SSSR count). The second kappa shape index (κ2) is 5.87. The van der Waals surface area contributed by atoms with Gasteiger partial charge >= 0.3 is 0 Å². The van der Waals surface area contributed by atoms with Gasteiger partial charge in [-0.25, -0.2) is 21.6 Å². The number of hydrogen-bond donors (Lipinski definition) is 1. The predicted octanol–water partition coefficient (Wildman–Crippen LogP) is 2.47. The lowest BCUT2D eigenvalue weighted by atomic mass is 9.67. The molecule has 118 valence electrons. The highest BCUT2D eigenvalue weighted by Crippen LogP contribution is 2.43. The van der Waals surface area contributed by atoms with Crippen LogP contribution in [0, 0.1) is 5.41 Å². The normalized spacial score (nSPS) is 18.2. The third kappa shape index (κ3) is 3.77. The molecule has 1 saturated carbocycles. The molecule has 0 amide bonds. The van der Waals surface area contributed by atoms with Crippen LogP contribution in [-0.4, -0.2) is 23.4 Å². The molecule has 0 bridgehead atoms. The van der Waals surface area contributed by atoms with Gasteiger partial charge in [0.1, 0.15) is 0 Å². The molecule has 0 aromatic heterocycles. The maximum absolute atomic E-state index is 12.3. The fraction of sp³-hybridized carbons (Fsp3) is 0.538. The van der Waals surface area contributed by atoms with Crippen molar-refractivity contribution in [2.75, 3.05) is 6.54 Å². The second-order valence-corrected chi connectivity index (χ2v) is 9.78. The minimum absolute atomic E-state index is 0.0449. The van der Waals surface area contributed by atoms with E-state index in [9.17, 15) is 16.8 Å². The van der Waals surface area contributed by atoms with Gasteiger partial charge in [-0.1, -0.05) is 19.4 Å². The van der Waals surface area contributed by atoms with Crippen LogP contribution in [0.1, 0.15) is 32.6 Å². The van der Waals surface area contributed by atoms with E-state index in [1.807, 2.05) is 6.92 Å². The summed E-state index contributed by atoms with van der Waals surface area (Å²) in [7, 11) is -2.44. The molecule has 1 aliphatic rings. The summed E-state index contributed by atoms with van der Waals surface area (Å²) in [6, 6.07) is 5.06. The Morgan fingerprint density at radius 2 is 1.81 bits per heavy atom. The maximum Gasteiger partial charge on any atom is 0.261 e. The summed E-state index contributed by atoms with van der Waals surface area (Å²) in [5.41, 5.74) is 0.0449. The van der Waals surface area contributed by atoms with Gasteiger partial charge in [-0.15, -0.1) is 0 Å². The zero-order valence-electron chi connectivity index (χ0n) is 11.7. The molecule has 1 N–H and O–H groups in total. The van der Waals surface area contributed by atoms with Crippen LogP contribution >= 0.6 is 10.7 Å². The molecule has 0 radical (unpaired) electrons. The smallest absolute Gasteiger partial charge is 0.211 e. The van der Waals surface area contributed by atoms with Gasteiger partial charge in [0.15, 0.2) is 0 Å². The highest BCUT2D eigenvalue weighted by Gasteiger charge is 2.36. The molecule has 1 aromatic rings. The molecule has 0 spiro atoms. The van der Waals surface area contributed by atoms with Crippen LogP contribution in [0.3, 0.4) is 0 Å². The highest BCUT2D eigenvalue weighted by molar-refractivity contribution is 8.13. The first kappa shape index (κ1) is 16.7. The first-order valence-corrected chi connectivity index (χ1v) is 10.5. The SMILES string of the molecule is CCC1(CNS(=O)(=O)c2cccc(S(=O)(=O)Cl)c2)CCC1. The Morgan fingerprint density at radius 3 is 2.29 bits per heavy atom. The standard InChI is InChI=1S/C13H18ClNO4S2/c1-2-13(7-4-8-13)10-15-21(18,19)12-6-3-5-11(9-12)20(14,16)17/h3,5-6,9,15H,2,4,7-8,10H2,1H3. The average molecular weight is 352 g/mol. The van der Waals surface area contributed by atoms with Crippen LogP contribution in [-0.2, 0) is 19.1 Å². The van der Waals surface area contributed by atoms with Gasteiger partial charge < -0.3 is 0 Å². The molecular weight excluding hydrogens is 334 g/mol. The van der Waals surface area contributed by atoms with Crippen molar-refractivity contribution < 1.29 is 16.8 Å². The van der Waals surface area contributed by atoms with Crippen molar-refractivity contribution in [3.8, 4) is 0 Å². The van der Waals surface area contributed by atoms with Crippen molar-refractivity contribution in [1.82, 2.24) is 4.72 Å². The fourth-order valence-corrected chi connectivity index (χ4v) is 4.53. The molecule has 1 fully saturated rings. The van der Waals surface area contributed by atoms with E-state index in [4.69, 9.17) is 10.7 Å². The summed E-state index contributed by atoms with van der Waals surface area (Å²) >= 11 is 0. The summed E-state index contributed by atoms with van der Waals surface area (Å²) in [4.78, 5) is -0.310. The van der Waals surface area contributed by atoms with Gasteiger partial charge in [-0.3, -0.25) is 0 Å². The van der Waals surface area contributed by atoms with Crippen LogP contribution in [0.4, 0.5) is 0 Å². The van der Waals surface area contributed by atoms with E-state index >= 15 is 0 Å². The van der Waals surface area contributed by atoms with Crippen LogP contribution in [0.2, 0.25) is 0 Å². The Kier molecular flexibility index (Phi) is 4.68. The summed E-state index contributed by atoms with van der Waals surface area (Å²) < 4.78 is 49.7. The van der Waals surface area contributed by atoms with Crippen molar-refractivity contribution in [2.45, 2.75) is 42.4 Å². The Bertz CT molecular complexity index is 719. The lowest BCUT2D eigenvalue weighted by Gasteiger charge is -2.41. The summed E-state index contributed by atoms with van der Waals surface area (Å²) in [5.74, 6) is 0.